The summed E-state index contributed by atoms with van der Waals surface area (Å²) in [6, 6.07) is -1.44. The first kappa shape index (κ1) is 6.58. The molecule has 0 unspecified atom stereocenters. The standard InChI is InChI=1S/C10H12BrNO2/c1-14-7-6-12-10(13)8-4-2-3-5-9(8)11/h2-5H,6-7H2,1H3,(H,12,13)/i2D,3D,4D,5D. The van der Waals surface area contributed by atoms with Crippen LogP contribution in [0.15, 0.2) is 28.6 Å². The minimum absolute atomic E-state index is 0.0587. The van der Waals surface area contributed by atoms with E-state index in [1.807, 2.05) is 0 Å². The molecule has 0 atom stereocenters. The molecule has 14 heavy (non-hydrogen) atoms. The van der Waals surface area contributed by atoms with Crippen LogP contribution in [0.2, 0.25) is 0 Å². The number of benzene rings is 1. The van der Waals surface area contributed by atoms with Crippen LogP contribution in [0.3, 0.4) is 0 Å². The first-order valence-corrected chi connectivity index (χ1v) is 4.74. The lowest BCUT2D eigenvalue weighted by Crippen LogP contribution is -2.27. The molecule has 0 aliphatic rings. The third-order valence-corrected chi connectivity index (χ3v) is 2.06. The lowest BCUT2D eigenvalue weighted by atomic mass is 10.2. The Bertz CT molecular complexity index is 452. The van der Waals surface area contributed by atoms with Crippen molar-refractivity contribution < 1.29 is 15.0 Å². The van der Waals surface area contributed by atoms with E-state index in [-0.39, 0.29) is 34.7 Å². The third-order valence-electron chi connectivity index (χ3n) is 1.46. The fourth-order valence-corrected chi connectivity index (χ4v) is 1.19. The summed E-state index contributed by atoms with van der Waals surface area (Å²) in [4.78, 5) is 11.8. The Morgan fingerprint density at radius 1 is 1.64 bits per heavy atom. The monoisotopic (exact) mass is 261 g/mol. The lowest BCUT2D eigenvalue weighted by molar-refractivity contribution is 0.0936. The van der Waals surface area contributed by atoms with E-state index in [9.17, 15) is 4.79 Å². The Morgan fingerprint density at radius 3 is 3.07 bits per heavy atom. The highest BCUT2D eigenvalue weighted by Crippen LogP contribution is 2.15. The molecule has 3 nitrogen and oxygen atoms in total. The van der Waals surface area contributed by atoms with Crippen molar-refractivity contribution in [3.63, 3.8) is 0 Å². The second kappa shape index (κ2) is 5.78. The number of hydrogen-bond acceptors (Lipinski definition) is 2. The van der Waals surface area contributed by atoms with Crippen molar-refractivity contribution in [3.8, 4) is 0 Å². The van der Waals surface area contributed by atoms with Gasteiger partial charge in [0.25, 0.3) is 5.91 Å². The minimum atomic E-state index is -0.564. The summed E-state index contributed by atoms with van der Waals surface area (Å²) in [7, 11) is 1.50. The Kier molecular flexibility index (Phi) is 2.72. The van der Waals surface area contributed by atoms with Crippen LogP contribution in [0.25, 0.3) is 0 Å². The quantitative estimate of drug-likeness (QED) is 0.840. The molecule has 0 spiro atoms. The van der Waals surface area contributed by atoms with E-state index < -0.39 is 11.9 Å². The first-order chi connectivity index (χ1) is 8.41. The largest absolute Gasteiger partial charge is 0.383 e. The molecule has 0 heterocycles. The molecule has 1 aromatic rings. The summed E-state index contributed by atoms with van der Waals surface area (Å²) in [5.74, 6) is -0.564. The molecule has 0 radical (unpaired) electrons. The number of ether oxygens (including phenoxy) is 1. The Labute approximate surface area is 97.2 Å². The summed E-state index contributed by atoms with van der Waals surface area (Å²) in [5.41, 5.74) is -0.0999. The van der Waals surface area contributed by atoms with E-state index in [1.54, 1.807) is 0 Å². The fourth-order valence-electron chi connectivity index (χ4n) is 0.809. The van der Waals surface area contributed by atoms with Crippen LogP contribution >= 0.6 is 15.9 Å². The maximum absolute atomic E-state index is 11.8. The van der Waals surface area contributed by atoms with E-state index in [0.29, 0.717) is 6.61 Å². The van der Waals surface area contributed by atoms with Crippen LogP contribution in [0, 0.1) is 0 Å². The van der Waals surface area contributed by atoms with Crippen LogP contribution in [0.4, 0.5) is 0 Å². The maximum atomic E-state index is 11.8. The maximum Gasteiger partial charge on any atom is 0.252 e. The highest BCUT2D eigenvalue weighted by Gasteiger charge is 2.07. The van der Waals surface area contributed by atoms with Gasteiger partial charge in [-0.15, -0.1) is 0 Å². The van der Waals surface area contributed by atoms with Gasteiger partial charge in [-0.2, -0.15) is 0 Å². The van der Waals surface area contributed by atoms with Crippen molar-refractivity contribution in [1.82, 2.24) is 5.32 Å². The number of nitrogens with one attached hydrogen (secondary N) is 1. The molecule has 1 aromatic carbocycles. The minimum Gasteiger partial charge on any atom is -0.383 e. The predicted molar refractivity (Wildman–Crippen MR) is 58.4 cm³/mol. The van der Waals surface area contributed by atoms with Gasteiger partial charge in [0.1, 0.15) is 0 Å². The zero-order chi connectivity index (χ0) is 13.9. The lowest BCUT2D eigenvalue weighted by Gasteiger charge is -2.05. The average molecular weight is 262 g/mol. The van der Waals surface area contributed by atoms with Gasteiger partial charge in [-0.05, 0) is 28.0 Å². The summed E-state index contributed by atoms with van der Waals surface area (Å²) in [6.07, 6.45) is 0. The van der Waals surface area contributed by atoms with Gasteiger partial charge in [-0.3, -0.25) is 4.79 Å². The van der Waals surface area contributed by atoms with E-state index >= 15 is 0 Å². The first-order valence-electron chi connectivity index (χ1n) is 5.94. The summed E-state index contributed by atoms with van der Waals surface area (Å²) < 4.78 is 35.1. The molecular weight excluding hydrogens is 246 g/mol. The molecule has 1 rings (SSSR count). The van der Waals surface area contributed by atoms with Crippen LogP contribution in [-0.4, -0.2) is 26.2 Å². The van der Waals surface area contributed by atoms with E-state index in [4.69, 9.17) is 10.2 Å². The summed E-state index contributed by atoms with van der Waals surface area (Å²) in [5, 5.41) is 2.51. The van der Waals surface area contributed by atoms with Gasteiger partial charge in [0.05, 0.1) is 17.7 Å². The predicted octanol–water partition coefficient (Wildman–Crippen LogP) is 1.83. The summed E-state index contributed by atoms with van der Waals surface area (Å²) in [6.45, 7) is 0.596. The van der Waals surface area contributed by atoms with Crippen molar-refractivity contribution in [3.05, 3.63) is 34.2 Å². The molecule has 0 aliphatic heterocycles. The van der Waals surface area contributed by atoms with Crippen molar-refractivity contribution in [2.24, 2.45) is 0 Å². The average Bonchev–Trinajstić information content (AvgIpc) is 2.34. The molecule has 0 saturated carbocycles. The highest BCUT2D eigenvalue weighted by molar-refractivity contribution is 9.10. The van der Waals surface area contributed by atoms with Gasteiger partial charge in [0, 0.05) is 18.1 Å². The second-order valence-corrected chi connectivity index (χ2v) is 3.23. The van der Waals surface area contributed by atoms with Crippen LogP contribution in [0.1, 0.15) is 15.8 Å². The summed E-state index contributed by atoms with van der Waals surface area (Å²) >= 11 is 3.02. The number of rotatable bonds is 4. The van der Waals surface area contributed by atoms with Gasteiger partial charge in [-0.1, -0.05) is 12.1 Å². The number of amides is 1. The van der Waals surface area contributed by atoms with Crippen LogP contribution in [0.5, 0.6) is 0 Å². The van der Waals surface area contributed by atoms with Crippen molar-refractivity contribution in [2.45, 2.75) is 0 Å². The number of hydrogen-bond donors (Lipinski definition) is 1. The van der Waals surface area contributed by atoms with Gasteiger partial charge >= 0.3 is 0 Å². The number of carbonyl (C=O) groups is 1. The molecular formula is C10H12BrNO2. The topological polar surface area (TPSA) is 38.3 Å². The smallest absolute Gasteiger partial charge is 0.252 e. The number of halogens is 1. The fraction of sp³-hybridized carbons (Fsp3) is 0.300. The molecule has 0 fully saturated rings. The molecule has 0 bridgehead atoms. The Morgan fingerprint density at radius 2 is 2.36 bits per heavy atom. The normalized spacial score (nSPS) is 13.9. The van der Waals surface area contributed by atoms with E-state index in [2.05, 4.69) is 21.2 Å². The Hall–Kier alpha value is -0.870. The van der Waals surface area contributed by atoms with Gasteiger partial charge < -0.3 is 10.1 Å². The zero-order valence-corrected chi connectivity index (χ0v) is 9.19. The van der Waals surface area contributed by atoms with Crippen LogP contribution < -0.4 is 5.32 Å². The second-order valence-electron chi connectivity index (χ2n) is 2.44. The Balaban J connectivity index is 3.13. The van der Waals surface area contributed by atoms with E-state index in [0.717, 1.165) is 0 Å². The number of methoxy groups -OCH3 is 1. The van der Waals surface area contributed by atoms with Crippen molar-refractivity contribution in [1.29, 1.82) is 0 Å². The van der Waals surface area contributed by atoms with Gasteiger partial charge in [0.15, 0.2) is 0 Å². The molecule has 1 amide bonds. The zero-order valence-electron chi connectivity index (χ0n) is 11.6. The molecule has 0 aliphatic carbocycles. The number of carbonyl (C=O) groups excluding carboxylic acids is 1. The van der Waals surface area contributed by atoms with Gasteiger partial charge in [-0.25, -0.2) is 0 Å². The molecule has 1 N–H and O–H groups in total. The van der Waals surface area contributed by atoms with Crippen LogP contribution in [-0.2, 0) is 4.74 Å². The molecule has 0 aromatic heterocycles. The van der Waals surface area contributed by atoms with Gasteiger partial charge in [0.2, 0.25) is 0 Å². The van der Waals surface area contributed by atoms with Crippen molar-refractivity contribution in [2.75, 3.05) is 20.3 Å². The highest BCUT2D eigenvalue weighted by atomic mass is 79.9. The molecule has 0 saturated heterocycles. The van der Waals surface area contributed by atoms with E-state index in [1.165, 1.54) is 7.11 Å². The van der Waals surface area contributed by atoms with Crippen molar-refractivity contribution >= 4 is 21.8 Å². The molecule has 4 heteroatoms. The third kappa shape index (κ3) is 3.12. The SMILES string of the molecule is [2H]c1c([2H])c([2H])c(C(=O)NCCOC)c(Br)c1[2H]. The molecule has 76 valence electrons.